The van der Waals surface area contributed by atoms with Crippen LogP contribution in [0.15, 0.2) is 47.4 Å². The fourth-order valence-electron chi connectivity index (χ4n) is 5.37. The maximum atomic E-state index is 12.5. The number of aromatic nitrogens is 2. The van der Waals surface area contributed by atoms with Gasteiger partial charge in [0.25, 0.3) is 5.56 Å². The molecule has 0 saturated carbocycles. The highest BCUT2D eigenvalue weighted by Crippen LogP contribution is 2.39. The molecule has 0 spiro atoms. The van der Waals surface area contributed by atoms with Crippen molar-refractivity contribution in [1.82, 2.24) is 14.5 Å². The summed E-state index contributed by atoms with van der Waals surface area (Å²) >= 11 is 0. The molecule has 2 bridgehead atoms. The Hall–Kier alpha value is -3.39. The van der Waals surface area contributed by atoms with Crippen LogP contribution in [0, 0.1) is 11.8 Å². The fraction of sp³-hybridized carbons (Fsp3) is 0.400. The second-order valence-corrected chi connectivity index (χ2v) is 9.54. The Labute approximate surface area is 191 Å². The third-order valence-electron chi connectivity index (χ3n) is 6.91. The highest BCUT2D eigenvalue weighted by Gasteiger charge is 2.40. The molecule has 2 aliphatic heterocycles. The van der Waals surface area contributed by atoms with Gasteiger partial charge in [0.05, 0.1) is 0 Å². The molecular weight excluding hydrogens is 420 g/mol. The zero-order valence-corrected chi connectivity index (χ0v) is 18.7. The van der Waals surface area contributed by atoms with Crippen molar-refractivity contribution in [1.29, 1.82) is 0 Å². The molecule has 1 amide bonds. The first kappa shape index (κ1) is 21.5. The molecule has 0 aliphatic carbocycles. The average molecular weight is 449 g/mol. The number of carbonyl (C=O) groups excluding carboxylic acids is 1. The van der Waals surface area contributed by atoms with Crippen LogP contribution in [0.5, 0.6) is 0 Å². The lowest BCUT2D eigenvalue weighted by Crippen LogP contribution is -2.49. The molecule has 1 saturated heterocycles. The van der Waals surface area contributed by atoms with E-state index in [1.165, 1.54) is 0 Å². The summed E-state index contributed by atoms with van der Waals surface area (Å²) in [5.74, 6) is -0.712. The molecule has 2 aliphatic rings. The molecule has 5 rings (SSSR count). The van der Waals surface area contributed by atoms with Gasteiger partial charge in [-0.05, 0) is 30.5 Å². The molecule has 3 aromatic rings. The highest BCUT2D eigenvalue weighted by atomic mass is 16.4. The number of amides is 1. The Kier molecular flexibility index (Phi) is 5.32. The number of carboxylic acids is 1. The third-order valence-corrected chi connectivity index (χ3v) is 6.91. The van der Waals surface area contributed by atoms with E-state index in [-0.39, 0.29) is 29.2 Å². The number of hydrogen-bond donors (Lipinski definition) is 3. The molecule has 1 unspecified atom stereocenters. The van der Waals surface area contributed by atoms with Gasteiger partial charge in [-0.25, -0.2) is 0 Å². The molecular formula is C25H28N4O4. The Bertz CT molecular complexity index is 1290. The van der Waals surface area contributed by atoms with Gasteiger partial charge in [0, 0.05) is 71.6 Å². The number of benzene rings is 1. The van der Waals surface area contributed by atoms with Crippen molar-refractivity contribution in [3.8, 4) is 0 Å². The minimum Gasteiger partial charge on any atom is -0.480 e. The van der Waals surface area contributed by atoms with Gasteiger partial charge in [-0.3, -0.25) is 19.3 Å². The number of aliphatic carboxylic acids is 1. The molecule has 8 nitrogen and oxygen atoms in total. The van der Waals surface area contributed by atoms with E-state index in [0.29, 0.717) is 30.9 Å². The summed E-state index contributed by atoms with van der Waals surface area (Å²) in [7, 11) is 0. The number of piperidine rings is 1. The summed E-state index contributed by atoms with van der Waals surface area (Å²) in [6.45, 7) is 5.51. The molecule has 1 fully saturated rings. The molecule has 172 valence electrons. The predicted octanol–water partition coefficient (Wildman–Crippen LogP) is 3.17. The van der Waals surface area contributed by atoms with Crippen LogP contribution < -0.4 is 10.9 Å². The zero-order chi connectivity index (χ0) is 23.3. The van der Waals surface area contributed by atoms with Gasteiger partial charge in [-0.15, -0.1) is 0 Å². The average Bonchev–Trinajstić information content (AvgIpc) is 3.17. The van der Waals surface area contributed by atoms with E-state index in [2.05, 4.69) is 10.3 Å². The molecule has 3 atom stereocenters. The minimum absolute atomic E-state index is 0.0161. The van der Waals surface area contributed by atoms with E-state index in [1.807, 2.05) is 47.6 Å². The number of pyridine rings is 1. The van der Waals surface area contributed by atoms with Gasteiger partial charge in [-0.1, -0.05) is 26.0 Å². The molecule has 3 N–H and O–H groups in total. The number of likely N-dealkylation sites (tertiary alicyclic amines) is 1. The summed E-state index contributed by atoms with van der Waals surface area (Å²) in [6.07, 6.45) is 2.74. The second kappa shape index (κ2) is 8.19. The van der Waals surface area contributed by atoms with Crippen LogP contribution >= 0.6 is 0 Å². The Morgan fingerprint density at radius 2 is 1.97 bits per heavy atom. The van der Waals surface area contributed by atoms with Crippen molar-refractivity contribution in [2.75, 3.05) is 18.4 Å². The predicted molar refractivity (Wildman–Crippen MR) is 125 cm³/mol. The molecule has 33 heavy (non-hydrogen) atoms. The number of aromatic amines is 1. The number of carboxylic acid groups (broad SMARTS) is 1. The molecule has 8 heteroatoms. The first-order valence-corrected chi connectivity index (χ1v) is 11.4. The number of H-pyrrole nitrogens is 1. The summed E-state index contributed by atoms with van der Waals surface area (Å²) in [6, 6.07) is 10.1. The second-order valence-electron chi connectivity index (χ2n) is 9.54. The number of anilines is 1. The number of rotatable bonds is 5. The summed E-state index contributed by atoms with van der Waals surface area (Å²) in [5, 5.41) is 13.9. The quantitative estimate of drug-likeness (QED) is 0.556. The van der Waals surface area contributed by atoms with Crippen molar-refractivity contribution in [3.63, 3.8) is 0 Å². The lowest BCUT2D eigenvalue weighted by Gasteiger charge is -2.44. The van der Waals surface area contributed by atoms with E-state index >= 15 is 0 Å². The topological polar surface area (TPSA) is 107 Å². The maximum absolute atomic E-state index is 12.5. The van der Waals surface area contributed by atoms with E-state index in [4.69, 9.17) is 0 Å². The van der Waals surface area contributed by atoms with Gasteiger partial charge in [0.2, 0.25) is 5.91 Å². The van der Waals surface area contributed by atoms with Gasteiger partial charge < -0.3 is 20.0 Å². The Morgan fingerprint density at radius 1 is 1.15 bits per heavy atom. The monoisotopic (exact) mass is 448 g/mol. The summed E-state index contributed by atoms with van der Waals surface area (Å²) in [4.78, 5) is 42.1. The van der Waals surface area contributed by atoms with Gasteiger partial charge in [0.1, 0.15) is 6.04 Å². The first-order chi connectivity index (χ1) is 15.8. The standard InChI is InChI=1S/C25H28N4O4/c1-14(2)24(31)27-17-6-7-18-19(10-26-20(18)9-17)23(25(32)33)28-11-15-8-16(13-28)21-4-3-5-22(30)29(21)12-15/h3-7,9-10,14-16,23,26H,8,11-13H2,1-2H3,(H,27,31)(H,32,33)/t15-,16-,23?/m0/s1. The van der Waals surface area contributed by atoms with E-state index in [0.717, 1.165) is 23.0 Å². The van der Waals surface area contributed by atoms with Gasteiger partial charge in [-0.2, -0.15) is 0 Å². The lowest BCUT2D eigenvalue weighted by atomic mass is 9.82. The Morgan fingerprint density at radius 3 is 2.73 bits per heavy atom. The number of hydrogen-bond acceptors (Lipinski definition) is 4. The van der Waals surface area contributed by atoms with Crippen LogP contribution in [0.3, 0.4) is 0 Å². The fourth-order valence-corrected chi connectivity index (χ4v) is 5.37. The highest BCUT2D eigenvalue weighted by molar-refractivity contribution is 5.96. The van der Waals surface area contributed by atoms with E-state index < -0.39 is 12.0 Å². The Balaban J connectivity index is 1.46. The molecule has 0 radical (unpaired) electrons. The molecule has 2 aromatic heterocycles. The maximum Gasteiger partial charge on any atom is 0.325 e. The van der Waals surface area contributed by atoms with Crippen molar-refractivity contribution >= 4 is 28.5 Å². The van der Waals surface area contributed by atoms with Crippen LogP contribution in [0.25, 0.3) is 10.9 Å². The number of nitrogens with zero attached hydrogens (tertiary/aromatic N) is 2. The zero-order valence-electron chi connectivity index (χ0n) is 18.7. The first-order valence-electron chi connectivity index (χ1n) is 11.4. The largest absolute Gasteiger partial charge is 0.480 e. The number of carbonyl (C=O) groups is 2. The van der Waals surface area contributed by atoms with Crippen LogP contribution in [0.1, 0.15) is 43.5 Å². The number of nitrogens with one attached hydrogen (secondary N) is 2. The smallest absolute Gasteiger partial charge is 0.325 e. The van der Waals surface area contributed by atoms with Crippen LogP contribution in [0.2, 0.25) is 0 Å². The van der Waals surface area contributed by atoms with Gasteiger partial charge >= 0.3 is 5.97 Å². The summed E-state index contributed by atoms with van der Waals surface area (Å²) in [5.41, 5.74) is 3.19. The summed E-state index contributed by atoms with van der Waals surface area (Å²) < 4.78 is 1.85. The van der Waals surface area contributed by atoms with E-state index in [9.17, 15) is 19.5 Å². The van der Waals surface area contributed by atoms with E-state index in [1.54, 1.807) is 18.3 Å². The third kappa shape index (κ3) is 3.84. The minimum atomic E-state index is -0.890. The molecule has 1 aromatic carbocycles. The van der Waals surface area contributed by atoms with Gasteiger partial charge in [0.15, 0.2) is 0 Å². The normalized spacial score (nSPS) is 21.1. The van der Waals surface area contributed by atoms with Crippen LogP contribution in [-0.2, 0) is 16.1 Å². The SMILES string of the molecule is CC(C)C(=O)Nc1ccc2c(C(C(=O)O)N3C[C@@H]4C[C@@H](C3)c3cccc(=O)n3C4)c[nH]c2c1. The van der Waals surface area contributed by atoms with Crippen molar-refractivity contribution in [2.24, 2.45) is 11.8 Å². The van der Waals surface area contributed by atoms with Crippen molar-refractivity contribution in [3.05, 3.63) is 64.2 Å². The van der Waals surface area contributed by atoms with Crippen molar-refractivity contribution in [2.45, 2.75) is 38.8 Å². The van der Waals surface area contributed by atoms with Crippen LogP contribution in [0.4, 0.5) is 5.69 Å². The molecule has 4 heterocycles. The number of fused-ring (bicyclic) bond motifs is 5. The van der Waals surface area contributed by atoms with Crippen molar-refractivity contribution < 1.29 is 14.7 Å². The lowest BCUT2D eigenvalue weighted by molar-refractivity contribution is -0.144. The van der Waals surface area contributed by atoms with Crippen LogP contribution in [-0.4, -0.2) is 44.5 Å².